The van der Waals surface area contributed by atoms with Crippen molar-refractivity contribution in [3.8, 4) is 0 Å². The topological polar surface area (TPSA) is 131 Å². The molecular weight excluding hydrogens is 484 g/mol. The van der Waals surface area contributed by atoms with Crippen molar-refractivity contribution >= 4 is 23.8 Å². The largest absolute Gasteiger partial charge is 0.444 e. The smallest absolute Gasteiger partial charge is 0.408 e. The van der Waals surface area contributed by atoms with Gasteiger partial charge in [-0.05, 0) is 69.7 Å². The Labute approximate surface area is 224 Å². The van der Waals surface area contributed by atoms with E-state index in [1.165, 1.54) is 4.90 Å². The first kappa shape index (κ1) is 28.7. The lowest BCUT2D eigenvalue weighted by atomic mass is 9.93. The van der Waals surface area contributed by atoms with Crippen molar-refractivity contribution in [1.29, 1.82) is 0 Å². The van der Waals surface area contributed by atoms with Crippen molar-refractivity contribution in [1.82, 2.24) is 15.5 Å². The highest BCUT2D eigenvalue weighted by Gasteiger charge is 2.45. The summed E-state index contributed by atoms with van der Waals surface area (Å²) in [6.45, 7) is 9.17. The van der Waals surface area contributed by atoms with E-state index >= 15 is 0 Å². The van der Waals surface area contributed by atoms with Crippen LogP contribution in [0.25, 0.3) is 0 Å². The van der Waals surface area contributed by atoms with E-state index in [0.29, 0.717) is 18.4 Å². The molecule has 9 heteroatoms. The molecule has 2 aromatic rings. The molecule has 9 nitrogen and oxygen atoms in total. The van der Waals surface area contributed by atoms with Gasteiger partial charge in [0, 0.05) is 12.6 Å². The van der Waals surface area contributed by atoms with E-state index in [2.05, 4.69) is 10.6 Å². The van der Waals surface area contributed by atoms with Gasteiger partial charge in [-0.25, -0.2) is 4.79 Å². The van der Waals surface area contributed by atoms with Crippen LogP contribution in [0.4, 0.5) is 4.79 Å². The van der Waals surface area contributed by atoms with Crippen LogP contribution in [0.2, 0.25) is 0 Å². The maximum atomic E-state index is 14.0. The van der Waals surface area contributed by atoms with E-state index in [9.17, 15) is 19.2 Å². The van der Waals surface area contributed by atoms with Crippen molar-refractivity contribution < 1.29 is 23.9 Å². The van der Waals surface area contributed by atoms with Crippen molar-refractivity contribution in [2.45, 2.75) is 84.2 Å². The number of nitrogens with one attached hydrogen (secondary N) is 2. The number of alkyl carbamates (subject to hydrolysis) is 1. The molecule has 2 aromatic carbocycles. The number of nitrogens with zero attached hydrogens (tertiary/aromatic N) is 1. The van der Waals surface area contributed by atoms with Crippen molar-refractivity contribution in [2.24, 2.45) is 5.73 Å². The van der Waals surface area contributed by atoms with Crippen LogP contribution < -0.4 is 16.4 Å². The maximum Gasteiger partial charge on any atom is 0.408 e. The Bertz CT molecular complexity index is 1150. The van der Waals surface area contributed by atoms with E-state index in [0.717, 1.165) is 16.7 Å². The van der Waals surface area contributed by atoms with Gasteiger partial charge in [0.05, 0.1) is 6.42 Å². The van der Waals surface area contributed by atoms with Gasteiger partial charge in [0.2, 0.25) is 17.7 Å². The number of hydrogen-bond donors (Lipinski definition) is 3. The molecule has 2 atom stereocenters. The number of benzene rings is 2. The van der Waals surface area contributed by atoms with Gasteiger partial charge in [0.25, 0.3) is 0 Å². The maximum absolute atomic E-state index is 14.0. The van der Waals surface area contributed by atoms with E-state index in [1.807, 2.05) is 62.4 Å². The van der Waals surface area contributed by atoms with E-state index in [-0.39, 0.29) is 18.5 Å². The van der Waals surface area contributed by atoms with E-state index in [1.54, 1.807) is 20.8 Å². The summed E-state index contributed by atoms with van der Waals surface area (Å²) in [4.78, 5) is 53.9. The van der Waals surface area contributed by atoms with Gasteiger partial charge in [-0.15, -0.1) is 0 Å². The summed E-state index contributed by atoms with van der Waals surface area (Å²) in [5.74, 6) is -1.66. The number of primary amides is 1. The van der Waals surface area contributed by atoms with Crippen LogP contribution in [0.1, 0.15) is 68.3 Å². The summed E-state index contributed by atoms with van der Waals surface area (Å²) in [6.07, 6.45) is 0.140. The highest BCUT2D eigenvalue weighted by Crippen LogP contribution is 2.38. The highest BCUT2D eigenvalue weighted by atomic mass is 16.6. The quantitative estimate of drug-likeness (QED) is 0.440. The molecule has 4 N–H and O–H groups in total. The predicted molar refractivity (Wildman–Crippen MR) is 144 cm³/mol. The first-order valence-corrected chi connectivity index (χ1v) is 12.8. The molecule has 1 saturated carbocycles. The Morgan fingerprint density at radius 3 is 2.13 bits per heavy atom. The molecule has 1 aliphatic rings. The van der Waals surface area contributed by atoms with Gasteiger partial charge < -0.3 is 26.0 Å². The Kier molecular flexibility index (Phi) is 9.14. The minimum Gasteiger partial charge on any atom is -0.444 e. The molecule has 0 radical (unpaired) electrons. The van der Waals surface area contributed by atoms with Gasteiger partial charge in [-0.1, -0.05) is 48.5 Å². The Hall–Kier alpha value is -3.88. The summed E-state index contributed by atoms with van der Waals surface area (Å²) in [7, 11) is 0. The first-order valence-electron chi connectivity index (χ1n) is 12.8. The van der Waals surface area contributed by atoms with Crippen LogP contribution in [0, 0.1) is 13.8 Å². The number of aryl methyl sites for hydroxylation is 2. The summed E-state index contributed by atoms with van der Waals surface area (Å²) < 4.78 is 5.32. The van der Waals surface area contributed by atoms with Gasteiger partial charge >= 0.3 is 6.09 Å². The number of hydrogen-bond acceptors (Lipinski definition) is 5. The second-order valence-electron chi connectivity index (χ2n) is 10.8. The summed E-state index contributed by atoms with van der Waals surface area (Å²) in [5, 5.41) is 5.50. The Morgan fingerprint density at radius 2 is 1.61 bits per heavy atom. The van der Waals surface area contributed by atoms with E-state index in [4.69, 9.17) is 10.5 Å². The lowest BCUT2D eigenvalue weighted by Crippen LogP contribution is -2.54. The molecule has 4 amide bonds. The monoisotopic (exact) mass is 522 g/mol. The fourth-order valence-corrected chi connectivity index (χ4v) is 4.44. The molecule has 0 heterocycles. The molecule has 2 unspecified atom stereocenters. The molecule has 0 aliphatic heterocycles. The molecule has 1 aliphatic carbocycles. The van der Waals surface area contributed by atoms with Gasteiger partial charge in [0.15, 0.2) is 0 Å². The van der Waals surface area contributed by atoms with Gasteiger partial charge in [-0.2, -0.15) is 0 Å². The van der Waals surface area contributed by atoms with Crippen molar-refractivity contribution in [2.75, 3.05) is 0 Å². The third-order valence-electron chi connectivity index (χ3n) is 6.24. The molecule has 0 saturated heterocycles. The molecule has 0 spiro atoms. The molecule has 3 rings (SSSR count). The molecule has 1 fully saturated rings. The predicted octanol–water partition coefficient (Wildman–Crippen LogP) is 3.42. The number of rotatable bonds is 10. The lowest BCUT2D eigenvalue weighted by molar-refractivity contribution is -0.144. The average molecular weight is 523 g/mol. The fourth-order valence-electron chi connectivity index (χ4n) is 4.44. The first-order chi connectivity index (χ1) is 17.9. The molecule has 0 bridgehead atoms. The third kappa shape index (κ3) is 7.81. The Morgan fingerprint density at radius 1 is 1.00 bits per heavy atom. The van der Waals surface area contributed by atoms with Crippen LogP contribution in [-0.4, -0.2) is 46.4 Å². The number of carbonyl (C=O) groups excluding carboxylic acids is 4. The number of ether oxygens (including phenoxy) is 1. The van der Waals surface area contributed by atoms with Crippen LogP contribution >= 0.6 is 0 Å². The fraction of sp³-hybridized carbons (Fsp3) is 0.448. The lowest BCUT2D eigenvalue weighted by Gasteiger charge is -2.35. The SMILES string of the molecule is Cc1cccc(C)c1C(C(=O)NCc1ccccc1)N(C(=O)C(CC(N)=O)NC(=O)OC(C)(C)C)C1CC1. The van der Waals surface area contributed by atoms with Gasteiger partial charge in [0.1, 0.15) is 17.7 Å². The van der Waals surface area contributed by atoms with Crippen molar-refractivity contribution in [3.05, 3.63) is 70.8 Å². The number of amides is 4. The van der Waals surface area contributed by atoms with Crippen LogP contribution in [0.15, 0.2) is 48.5 Å². The summed E-state index contributed by atoms with van der Waals surface area (Å²) >= 11 is 0. The molecule has 38 heavy (non-hydrogen) atoms. The highest BCUT2D eigenvalue weighted by molar-refractivity contribution is 5.95. The summed E-state index contributed by atoms with van der Waals surface area (Å²) in [5.41, 5.74) is 7.99. The molecule has 0 aromatic heterocycles. The van der Waals surface area contributed by atoms with Gasteiger partial charge in [-0.3, -0.25) is 14.4 Å². The third-order valence-corrected chi connectivity index (χ3v) is 6.24. The minimum absolute atomic E-state index is 0.218. The molecular formula is C29H38N4O5. The zero-order valence-electron chi connectivity index (χ0n) is 22.7. The Balaban J connectivity index is 1.99. The normalized spacial score (nSPS) is 14.7. The molecule has 204 valence electrons. The second kappa shape index (κ2) is 12.1. The summed E-state index contributed by atoms with van der Waals surface area (Å²) in [6, 6.07) is 12.7. The van der Waals surface area contributed by atoms with Crippen LogP contribution in [0.5, 0.6) is 0 Å². The van der Waals surface area contributed by atoms with Crippen LogP contribution in [-0.2, 0) is 25.7 Å². The van der Waals surface area contributed by atoms with Crippen LogP contribution in [0.3, 0.4) is 0 Å². The van der Waals surface area contributed by atoms with E-state index < -0.39 is 42.0 Å². The zero-order chi connectivity index (χ0) is 28.0. The number of carbonyl (C=O) groups is 4. The zero-order valence-corrected chi connectivity index (χ0v) is 22.7. The second-order valence-corrected chi connectivity index (χ2v) is 10.8. The standard InChI is InChI=1S/C29H38N4O5/c1-18-10-9-11-19(2)24(18)25(26(35)31-17-20-12-7-6-8-13-20)33(21-14-15-21)27(36)22(16-23(30)34)32-28(37)38-29(3,4)5/h6-13,21-22,25H,14-17H2,1-5H3,(H2,30,34)(H,31,35)(H,32,37). The average Bonchev–Trinajstić information content (AvgIpc) is 3.65. The van der Waals surface area contributed by atoms with Crippen molar-refractivity contribution in [3.63, 3.8) is 0 Å². The number of nitrogens with two attached hydrogens (primary N) is 1. The minimum atomic E-state index is -1.28.